The van der Waals surface area contributed by atoms with Gasteiger partial charge in [-0.2, -0.15) is 0 Å². The van der Waals surface area contributed by atoms with Crippen molar-refractivity contribution in [2.45, 2.75) is 33.2 Å². The van der Waals surface area contributed by atoms with E-state index in [1.165, 1.54) is 0 Å². The lowest BCUT2D eigenvalue weighted by atomic mass is 10.00. The predicted octanol–water partition coefficient (Wildman–Crippen LogP) is 3.67. The van der Waals surface area contributed by atoms with E-state index in [1.54, 1.807) is 18.3 Å². The Morgan fingerprint density at radius 1 is 1.18 bits per heavy atom. The number of halogens is 1. The maximum absolute atomic E-state index is 12.8. The maximum Gasteiger partial charge on any atom is 0.257 e. The van der Waals surface area contributed by atoms with E-state index < -0.39 is 0 Å². The van der Waals surface area contributed by atoms with Crippen LogP contribution in [0.4, 0.5) is 5.69 Å². The number of ether oxygens (including phenoxy) is 1. The van der Waals surface area contributed by atoms with E-state index in [-0.39, 0.29) is 17.7 Å². The zero-order valence-electron chi connectivity index (χ0n) is 19.3. The number of nitrogens with zero attached hydrogens (tertiary/aromatic N) is 3. The lowest BCUT2D eigenvalue weighted by Gasteiger charge is -2.37. The summed E-state index contributed by atoms with van der Waals surface area (Å²) in [5, 5.41) is 3.56. The molecule has 7 nitrogen and oxygen atoms in total. The fraction of sp³-hybridized carbons (Fsp3) is 0.480. The number of hydrogen-bond acceptors (Lipinski definition) is 5. The molecule has 33 heavy (non-hydrogen) atoms. The second-order valence-corrected chi connectivity index (χ2v) is 9.33. The Bertz CT molecular complexity index is 997. The molecular weight excluding hydrogens is 440 g/mol. The summed E-state index contributed by atoms with van der Waals surface area (Å²) >= 11 is 6.39. The lowest BCUT2D eigenvalue weighted by molar-refractivity contribution is -0.141. The predicted molar refractivity (Wildman–Crippen MR) is 129 cm³/mol. The standard InChI is InChI=1S/C25H31ClN4O3/c1-17-5-6-19(14-27-17)24(31)28-23-13-22(26)12-21(18(23)2)15-29-7-9-30(10-8-29)25(32)20-4-3-11-33-16-20/h5-6,12-14,20H,3-4,7-11,15-16H2,1-2H3,(H,28,31). The van der Waals surface area contributed by atoms with Crippen molar-refractivity contribution in [1.29, 1.82) is 0 Å². The monoisotopic (exact) mass is 470 g/mol. The number of carbonyl (C=O) groups is 2. The van der Waals surface area contributed by atoms with Gasteiger partial charge >= 0.3 is 0 Å². The van der Waals surface area contributed by atoms with Crippen molar-refractivity contribution >= 4 is 29.1 Å². The first kappa shape index (κ1) is 23.7. The molecule has 0 saturated carbocycles. The van der Waals surface area contributed by atoms with Crippen molar-refractivity contribution in [2.24, 2.45) is 5.92 Å². The van der Waals surface area contributed by atoms with Gasteiger partial charge in [-0.3, -0.25) is 19.5 Å². The van der Waals surface area contributed by atoms with Crippen LogP contribution in [0.2, 0.25) is 5.02 Å². The van der Waals surface area contributed by atoms with Gasteiger partial charge in [0.15, 0.2) is 0 Å². The zero-order valence-corrected chi connectivity index (χ0v) is 20.0. The molecule has 2 aliphatic heterocycles. The van der Waals surface area contributed by atoms with Crippen molar-refractivity contribution in [3.05, 3.63) is 57.9 Å². The Morgan fingerprint density at radius 3 is 2.64 bits per heavy atom. The molecule has 0 spiro atoms. The number of amides is 2. The minimum absolute atomic E-state index is 0.00961. The zero-order chi connectivity index (χ0) is 23.4. The Balaban J connectivity index is 1.37. The molecular formula is C25H31ClN4O3. The number of nitrogens with one attached hydrogen (secondary N) is 1. The lowest BCUT2D eigenvalue weighted by Crippen LogP contribution is -2.50. The summed E-state index contributed by atoms with van der Waals surface area (Å²) in [4.78, 5) is 33.9. The van der Waals surface area contributed by atoms with Crippen molar-refractivity contribution in [1.82, 2.24) is 14.8 Å². The van der Waals surface area contributed by atoms with Gasteiger partial charge in [0.2, 0.25) is 5.91 Å². The fourth-order valence-corrected chi connectivity index (χ4v) is 4.63. The summed E-state index contributed by atoms with van der Waals surface area (Å²) in [6, 6.07) is 7.31. The van der Waals surface area contributed by atoms with E-state index in [0.717, 1.165) is 69.0 Å². The third kappa shape index (κ3) is 5.91. The van der Waals surface area contributed by atoms with E-state index in [0.29, 0.717) is 22.9 Å². The number of benzene rings is 1. The Labute approximate surface area is 200 Å². The number of aromatic nitrogens is 1. The van der Waals surface area contributed by atoms with Crippen molar-refractivity contribution in [2.75, 3.05) is 44.7 Å². The van der Waals surface area contributed by atoms with Gasteiger partial charge in [-0.05, 0) is 62.1 Å². The topological polar surface area (TPSA) is 74.8 Å². The molecule has 1 N–H and O–H groups in total. The average Bonchev–Trinajstić information content (AvgIpc) is 2.83. The molecule has 1 unspecified atom stereocenters. The molecule has 0 aliphatic carbocycles. The molecule has 3 heterocycles. The highest BCUT2D eigenvalue weighted by atomic mass is 35.5. The summed E-state index contributed by atoms with van der Waals surface area (Å²) in [6.45, 7) is 8.97. The second kappa shape index (κ2) is 10.6. The largest absolute Gasteiger partial charge is 0.381 e. The van der Waals surface area contributed by atoms with Crippen molar-refractivity contribution < 1.29 is 14.3 Å². The van der Waals surface area contributed by atoms with Crippen LogP contribution in [0.3, 0.4) is 0 Å². The SMILES string of the molecule is Cc1ccc(C(=O)Nc2cc(Cl)cc(CN3CCN(C(=O)C4CCCOC4)CC3)c2C)cn1. The number of hydrogen-bond donors (Lipinski definition) is 1. The molecule has 2 amide bonds. The minimum Gasteiger partial charge on any atom is -0.381 e. The van der Waals surface area contributed by atoms with Crippen LogP contribution in [0.5, 0.6) is 0 Å². The van der Waals surface area contributed by atoms with Gasteiger partial charge < -0.3 is 15.0 Å². The highest BCUT2D eigenvalue weighted by molar-refractivity contribution is 6.31. The number of pyridine rings is 1. The van der Waals surface area contributed by atoms with E-state index >= 15 is 0 Å². The van der Waals surface area contributed by atoms with Crippen LogP contribution in [0.1, 0.15) is 40.0 Å². The molecule has 0 bridgehead atoms. The molecule has 176 valence electrons. The third-order valence-electron chi connectivity index (χ3n) is 6.49. The van der Waals surface area contributed by atoms with Gasteiger partial charge in [0, 0.05) is 61.9 Å². The van der Waals surface area contributed by atoms with Crippen LogP contribution >= 0.6 is 11.6 Å². The molecule has 1 aromatic heterocycles. The quantitative estimate of drug-likeness (QED) is 0.721. The van der Waals surface area contributed by atoms with Crippen LogP contribution in [-0.2, 0) is 16.1 Å². The van der Waals surface area contributed by atoms with Crippen molar-refractivity contribution in [3.63, 3.8) is 0 Å². The summed E-state index contributed by atoms with van der Waals surface area (Å²) in [7, 11) is 0. The summed E-state index contributed by atoms with van der Waals surface area (Å²) in [5.74, 6) is 0.0249. The summed E-state index contributed by atoms with van der Waals surface area (Å²) in [5.41, 5.74) is 4.13. The number of anilines is 1. The molecule has 8 heteroatoms. The van der Waals surface area contributed by atoms with E-state index in [1.807, 2.05) is 30.9 Å². The van der Waals surface area contributed by atoms with E-state index in [2.05, 4.69) is 15.2 Å². The fourth-order valence-electron chi connectivity index (χ4n) is 4.39. The van der Waals surface area contributed by atoms with Gasteiger partial charge in [0.05, 0.1) is 18.1 Å². The van der Waals surface area contributed by atoms with Crippen LogP contribution in [-0.4, -0.2) is 66.0 Å². The first-order valence-electron chi connectivity index (χ1n) is 11.5. The molecule has 1 atom stereocenters. The number of aryl methyl sites for hydroxylation is 1. The molecule has 1 aromatic carbocycles. The third-order valence-corrected chi connectivity index (χ3v) is 6.71. The van der Waals surface area contributed by atoms with Crippen LogP contribution in [0, 0.1) is 19.8 Å². The van der Waals surface area contributed by atoms with E-state index in [9.17, 15) is 9.59 Å². The van der Waals surface area contributed by atoms with Crippen LogP contribution in [0.25, 0.3) is 0 Å². The van der Waals surface area contributed by atoms with Crippen molar-refractivity contribution in [3.8, 4) is 0 Å². The normalized spacial score (nSPS) is 19.4. The molecule has 2 saturated heterocycles. The average molecular weight is 471 g/mol. The van der Waals surface area contributed by atoms with Crippen LogP contribution in [0.15, 0.2) is 30.5 Å². The Kier molecular flexibility index (Phi) is 7.63. The molecule has 2 fully saturated rings. The summed E-state index contributed by atoms with van der Waals surface area (Å²) in [6.07, 6.45) is 3.46. The Morgan fingerprint density at radius 2 is 1.97 bits per heavy atom. The maximum atomic E-state index is 12.8. The smallest absolute Gasteiger partial charge is 0.257 e. The number of piperazine rings is 1. The van der Waals surface area contributed by atoms with Gasteiger partial charge in [-0.25, -0.2) is 0 Å². The number of carbonyl (C=O) groups excluding carboxylic acids is 2. The Hall–Kier alpha value is -2.48. The summed E-state index contributed by atoms with van der Waals surface area (Å²) < 4.78 is 5.49. The molecule has 0 radical (unpaired) electrons. The van der Waals surface area contributed by atoms with Gasteiger partial charge in [0.1, 0.15) is 0 Å². The first-order chi connectivity index (χ1) is 15.9. The first-order valence-corrected chi connectivity index (χ1v) is 11.9. The molecule has 2 aliphatic rings. The number of rotatable bonds is 5. The van der Waals surface area contributed by atoms with E-state index in [4.69, 9.17) is 16.3 Å². The van der Waals surface area contributed by atoms with Gasteiger partial charge in [-0.15, -0.1) is 0 Å². The minimum atomic E-state index is -0.211. The van der Waals surface area contributed by atoms with Gasteiger partial charge in [-0.1, -0.05) is 11.6 Å². The molecule has 2 aromatic rings. The highest BCUT2D eigenvalue weighted by Crippen LogP contribution is 2.27. The second-order valence-electron chi connectivity index (χ2n) is 8.90. The highest BCUT2D eigenvalue weighted by Gasteiger charge is 2.29. The van der Waals surface area contributed by atoms with Gasteiger partial charge in [0.25, 0.3) is 5.91 Å². The molecule has 4 rings (SSSR count). The van der Waals surface area contributed by atoms with Crippen LogP contribution < -0.4 is 5.32 Å².